The molecule has 2 aliphatic rings. The summed E-state index contributed by atoms with van der Waals surface area (Å²) in [5.74, 6) is 1.17. The minimum Gasteiger partial charge on any atom is -0.385 e. The number of rotatable bonds is 7. The summed E-state index contributed by atoms with van der Waals surface area (Å²) >= 11 is 0. The van der Waals surface area contributed by atoms with Gasteiger partial charge in [-0.05, 0) is 24.3 Å². The van der Waals surface area contributed by atoms with Gasteiger partial charge in [-0.25, -0.2) is 9.50 Å². The molecule has 10 heteroatoms. The summed E-state index contributed by atoms with van der Waals surface area (Å²) in [6, 6.07) is 13.3. The molecule has 3 N–H and O–H groups in total. The Bertz CT molecular complexity index is 1420. The van der Waals surface area contributed by atoms with Crippen LogP contribution in [0.4, 0.5) is 17.2 Å². The molecule has 0 radical (unpaired) electrons. The molecule has 35 heavy (non-hydrogen) atoms. The third-order valence-electron chi connectivity index (χ3n) is 6.57. The van der Waals surface area contributed by atoms with Crippen LogP contribution in [0.1, 0.15) is 20.8 Å². The number of nitrogens with one attached hydrogen (secondary N) is 3. The van der Waals surface area contributed by atoms with E-state index in [0.717, 1.165) is 28.9 Å². The molecule has 3 atom stereocenters. The van der Waals surface area contributed by atoms with Crippen LogP contribution in [0.25, 0.3) is 16.9 Å². The van der Waals surface area contributed by atoms with Crippen molar-refractivity contribution in [2.45, 2.75) is 6.04 Å². The van der Waals surface area contributed by atoms with Gasteiger partial charge < -0.3 is 20.7 Å². The van der Waals surface area contributed by atoms with Crippen LogP contribution >= 0.6 is 0 Å². The van der Waals surface area contributed by atoms with Gasteiger partial charge in [0.1, 0.15) is 0 Å². The highest BCUT2D eigenvalue weighted by molar-refractivity contribution is 5.94. The standard InChI is InChI=1S/C25H23N7O3/c1-26-20-8-22(29-16-4-2-3-15(7-16)19-6-5-14(11-33)9-27-19)31-32-21(10-28-24(20)32)25(34)30-23-17-12-35-13-18(17)23/h2-11,17-18,23,26H,12-13H2,1H3,(H,29,31)(H,30,34)/t17-,18+,23+. The summed E-state index contributed by atoms with van der Waals surface area (Å²) in [4.78, 5) is 32.7. The quantitative estimate of drug-likeness (QED) is 0.353. The molecule has 1 aliphatic carbocycles. The van der Waals surface area contributed by atoms with Crippen LogP contribution in [0, 0.1) is 11.8 Å². The lowest BCUT2D eigenvalue weighted by Crippen LogP contribution is -2.31. The molecular weight excluding hydrogens is 446 g/mol. The van der Waals surface area contributed by atoms with Gasteiger partial charge in [-0.15, -0.1) is 5.10 Å². The molecule has 6 rings (SSSR count). The molecule has 1 saturated heterocycles. The van der Waals surface area contributed by atoms with Crippen molar-refractivity contribution in [3.63, 3.8) is 0 Å². The van der Waals surface area contributed by atoms with Crippen molar-refractivity contribution in [2.75, 3.05) is 30.9 Å². The third kappa shape index (κ3) is 3.87. The average Bonchev–Trinajstić information content (AvgIpc) is 3.24. The molecule has 2 fully saturated rings. The maximum atomic E-state index is 13.0. The van der Waals surface area contributed by atoms with Gasteiger partial charge in [0.05, 0.1) is 30.8 Å². The van der Waals surface area contributed by atoms with E-state index in [1.54, 1.807) is 30.0 Å². The van der Waals surface area contributed by atoms with Gasteiger partial charge in [0.15, 0.2) is 23.4 Å². The number of fused-ring (bicyclic) bond motifs is 2. The van der Waals surface area contributed by atoms with Gasteiger partial charge in [0, 0.05) is 54.0 Å². The lowest BCUT2D eigenvalue weighted by molar-refractivity contribution is 0.0921. The van der Waals surface area contributed by atoms with Crippen LogP contribution in [-0.4, -0.2) is 58.1 Å². The summed E-state index contributed by atoms with van der Waals surface area (Å²) in [5.41, 5.74) is 4.65. The number of benzene rings is 1. The highest BCUT2D eigenvalue weighted by Gasteiger charge is 2.54. The van der Waals surface area contributed by atoms with Crippen molar-refractivity contribution in [1.29, 1.82) is 0 Å². The van der Waals surface area contributed by atoms with E-state index in [0.29, 0.717) is 47.8 Å². The average molecular weight is 470 g/mol. The summed E-state index contributed by atoms with van der Waals surface area (Å²) in [6.45, 7) is 1.41. The minimum absolute atomic E-state index is 0.156. The fourth-order valence-electron chi connectivity index (χ4n) is 4.60. The van der Waals surface area contributed by atoms with Gasteiger partial charge in [-0.3, -0.25) is 14.6 Å². The van der Waals surface area contributed by atoms with E-state index >= 15 is 0 Å². The Labute approximate surface area is 200 Å². The van der Waals surface area contributed by atoms with Crippen molar-refractivity contribution in [3.05, 3.63) is 66.1 Å². The smallest absolute Gasteiger partial charge is 0.271 e. The van der Waals surface area contributed by atoms with Crippen LogP contribution in [0.2, 0.25) is 0 Å². The van der Waals surface area contributed by atoms with Crippen LogP contribution in [-0.2, 0) is 4.74 Å². The summed E-state index contributed by atoms with van der Waals surface area (Å²) in [7, 11) is 1.80. The van der Waals surface area contributed by atoms with Crippen LogP contribution in [0.5, 0.6) is 0 Å². The minimum atomic E-state index is -0.199. The largest absolute Gasteiger partial charge is 0.385 e. The summed E-state index contributed by atoms with van der Waals surface area (Å²) in [6.07, 6.45) is 3.86. The predicted octanol–water partition coefficient (Wildman–Crippen LogP) is 2.76. The molecule has 1 aliphatic heterocycles. The van der Waals surface area contributed by atoms with E-state index in [9.17, 15) is 9.59 Å². The van der Waals surface area contributed by atoms with E-state index in [2.05, 4.69) is 31.0 Å². The number of nitrogens with zero attached hydrogens (tertiary/aromatic N) is 4. The van der Waals surface area contributed by atoms with E-state index in [1.807, 2.05) is 36.4 Å². The molecule has 10 nitrogen and oxygen atoms in total. The van der Waals surface area contributed by atoms with Gasteiger partial charge in [0.25, 0.3) is 5.91 Å². The molecule has 1 amide bonds. The predicted molar refractivity (Wildman–Crippen MR) is 130 cm³/mol. The Morgan fingerprint density at radius 2 is 1.97 bits per heavy atom. The second-order valence-corrected chi connectivity index (χ2v) is 8.74. The highest BCUT2D eigenvalue weighted by atomic mass is 16.5. The van der Waals surface area contributed by atoms with Crippen molar-refractivity contribution in [2.24, 2.45) is 11.8 Å². The Hall–Kier alpha value is -4.31. The van der Waals surface area contributed by atoms with Crippen molar-refractivity contribution >= 4 is 35.0 Å². The van der Waals surface area contributed by atoms with Gasteiger partial charge in [-0.1, -0.05) is 12.1 Å². The molecule has 3 aromatic heterocycles. The number of carbonyl (C=O) groups excluding carboxylic acids is 2. The zero-order valence-corrected chi connectivity index (χ0v) is 18.9. The fraction of sp³-hybridized carbons (Fsp3) is 0.240. The molecule has 0 spiro atoms. The Kier molecular flexibility index (Phi) is 5.14. The Morgan fingerprint density at radius 3 is 2.71 bits per heavy atom. The lowest BCUT2D eigenvalue weighted by Gasteiger charge is -2.12. The van der Waals surface area contributed by atoms with Gasteiger partial charge >= 0.3 is 0 Å². The number of amides is 1. The number of aromatic nitrogens is 4. The number of carbonyl (C=O) groups is 2. The first-order valence-electron chi connectivity index (χ1n) is 11.4. The molecule has 1 aromatic carbocycles. The normalized spacial score (nSPS) is 20.3. The topological polar surface area (TPSA) is 123 Å². The molecular formula is C25H23N7O3. The summed E-state index contributed by atoms with van der Waals surface area (Å²) < 4.78 is 6.97. The monoisotopic (exact) mass is 469 g/mol. The van der Waals surface area contributed by atoms with Crippen LogP contribution in [0.15, 0.2) is 54.9 Å². The van der Waals surface area contributed by atoms with Crippen LogP contribution < -0.4 is 16.0 Å². The lowest BCUT2D eigenvalue weighted by atomic mass is 10.1. The number of pyridine rings is 1. The fourth-order valence-corrected chi connectivity index (χ4v) is 4.60. The highest BCUT2D eigenvalue weighted by Crippen LogP contribution is 2.44. The Morgan fingerprint density at radius 1 is 1.11 bits per heavy atom. The van der Waals surface area contributed by atoms with Gasteiger partial charge in [0.2, 0.25) is 0 Å². The Balaban J connectivity index is 1.28. The molecule has 0 bridgehead atoms. The van der Waals surface area contributed by atoms with E-state index in [-0.39, 0.29) is 11.9 Å². The number of ether oxygens (including phenoxy) is 1. The zero-order valence-electron chi connectivity index (χ0n) is 18.9. The first-order valence-corrected chi connectivity index (χ1v) is 11.4. The molecule has 4 aromatic rings. The maximum absolute atomic E-state index is 13.0. The zero-order chi connectivity index (χ0) is 23.9. The van der Waals surface area contributed by atoms with E-state index in [4.69, 9.17) is 4.74 Å². The molecule has 1 saturated carbocycles. The van der Waals surface area contributed by atoms with Crippen LogP contribution in [0.3, 0.4) is 0 Å². The molecule has 4 heterocycles. The third-order valence-corrected chi connectivity index (χ3v) is 6.57. The number of aldehydes is 1. The van der Waals surface area contributed by atoms with E-state index < -0.39 is 0 Å². The second kappa shape index (κ2) is 8.48. The first-order chi connectivity index (χ1) is 17.1. The van der Waals surface area contributed by atoms with Crippen molar-refractivity contribution < 1.29 is 14.3 Å². The number of imidazole rings is 1. The SMILES string of the molecule is CNc1cc(Nc2cccc(-c3ccc(C=O)cn3)c2)nn2c(C(=O)N[C@H]3[C@@H]4COC[C@@H]43)cnc12. The number of anilines is 3. The van der Waals surface area contributed by atoms with Crippen molar-refractivity contribution in [1.82, 2.24) is 24.9 Å². The second-order valence-electron chi connectivity index (χ2n) is 8.74. The maximum Gasteiger partial charge on any atom is 0.271 e. The van der Waals surface area contributed by atoms with Crippen molar-refractivity contribution in [3.8, 4) is 11.3 Å². The molecule has 176 valence electrons. The first kappa shape index (κ1) is 21.2. The number of hydrogen-bond donors (Lipinski definition) is 3. The summed E-state index contributed by atoms with van der Waals surface area (Å²) in [5, 5.41) is 14.2. The molecule has 0 unspecified atom stereocenters. The number of hydrogen-bond acceptors (Lipinski definition) is 8. The van der Waals surface area contributed by atoms with Gasteiger partial charge in [-0.2, -0.15) is 0 Å². The van der Waals surface area contributed by atoms with E-state index in [1.165, 1.54) is 0 Å².